The first kappa shape index (κ1) is 19.6. The molecule has 1 amide bonds. The molecule has 0 spiro atoms. The highest BCUT2D eigenvalue weighted by molar-refractivity contribution is 8.15. The number of carbonyl (C=O) groups is 2. The van der Waals surface area contributed by atoms with E-state index < -0.39 is 29.9 Å². The van der Waals surface area contributed by atoms with Crippen molar-refractivity contribution in [2.45, 2.75) is 17.8 Å². The molecule has 1 aliphatic rings. The van der Waals surface area contributed by atoms with E-state index in [4.69, 9.17) is 5.11 Å². The number of thioether (sulfide) groups is 1. The number of nitrogens with one attached hydrogen (secondary N) is 1. The van der Waals surface area contributed by atoms with Crippen molar-refractivity contribution in [3.05, 3.63) is 23.8 Å². The van der Waals surface area contributed by atoms with Crippen LogP contribution in [0.4, 0.5) is 13.2 Å². The lowest BCUT2D eigenvalue weighted by Gasteiger charge is -2.09. The zero-order chi connectivity index (χ0) is 19.3. The fraction of sp³-hybridized carbons (Fsp3) is 0.286. The highest BCUT2D eigenvalue weighted by Crippen LogP contribution is 2.25. The molecule has 1 saturated heterocycles. The topological polar surface area (TPSA) is 121 Å². The molecule has 8 nitrogen and oxygen atoms in total. The van der Waals surface area contributed by atoms with E-state index in [0.29, 0.717) is 0 Å². The monoisotopic (exact) mass is 391 g/mol. The van der Waals surface area contributed by atoms with Crippen LogP contribution in [0.25, 0.3) is 0 Å². The number of nitrogens with zero attached hydrogens (tertiary/aromatic N) is 2. The summed E-state index contributed by atoms with van der Waals surface area (Å²) in [6.07, 6.45) is -3.74. The van der Waals surface area contributed by atoms with Crippen LogP contribution in [0, 0.1) is 0 Å². The molecule has 0 bridgehead atoms. The number of alkyl halides is 3. The molecule has 0 aliphatic carbocycles. The molecular formula is C14H12F3N3O5S. The van der Waals surface area contributed by atoms with Gasteiger partial charge >= 0.3 is 12.1 Å². The van der Waals surface area contributed by atoms with E-state index in [-0.39, 0.29) is 28.7 Å². The minimum Gasteiger partial charge on any atom is -0.507 e. The van der Waals surface area contributed by atoms with Gasteiger partial charge in [-0.2, -0.15) is 18.3 Å². The van der Waals surface area contributed by atoms with Crippen molar-refractivity contribution in [2.24, 2.45) is 10.2 Å². The molecule has 1 atom stereocenters. The number of carboxylic acid groups (broad SMARTS) is 1. The Balaban J connectivity index is 1.98. The van der Waals surface area contributed by atoms with Gasteiger partial charge in [0, 0.05) is 11.6 Å². The Morgan fingerprint density at radius 1 is 1.42 bits per heavy atom. The van der Waals surface area contributed by atoms with Gasteiger partial charge in [-0.25, -0.2) is 0 Å². The van der Waals surface area contributed by atoms with Crippen LogP contribution in [0.1, 0.15) is 12.0 Å². The molecule has 2 rings (SSSR count). The second-order valence-corrected chi connectivity index (χ2v) is 6.16. The van der Waals surface area contributed by atoms with Crippen LogP contribution >= 0.6 is 11.8 Å². The second kappa shape index (κ2) is 8.08. The van der Waals surface area contributed by atoms with E-state index in [2.05, 4.69) is 20.3 Å². The lowest BCUT2D eigenvalue weighted by molar-refractivity contribution is -0.153. The third-order valence-electron chi connectivity index (χ3n) is 2.89. The quantitative estimate of drug-likeness (QED) is 0.502. The lowest BCUT2D eigenvalue weighted by atomic mass is 10.2. The molecule has 0 aromatic heterocycles. The molecule has 1 aromatic rings. The Kier molecular flexibility index (Phi) is 6.08. The van der Waals surface area contributed by atoms with Crippen LogP contribution in [-0.2, 0) is 9.59 Å². The minimum absolute atomic E-state index is 0.0992. The lowest BCUT2D eigenvalue weighted by Crippen LogP contribution is -2.26. The number of carboxylic acids is 1. The molecule has 0 saturated carbocycles. The third kappa shape index (κ3) is 5.95. The maximum absolute atomic E-state index is 12.1. The Hall–Kier alpha value is -2.76. The number of hydrogen-bond donors (Lipinski definition) is 3. The molecule has 12 heteroatoms. The predicted octanol–water partition coefficient (Wildman–Crippen LogP) is 1.73. The SMILES string of the molecule is O=C(O)CC1SC(=NN=Cc2ccc(OCC(F)(F)F)cc2O)NC1=O. The molecule has 1 aliphatic heterocycles. The standard InChI is InChI=1S/C14H12F3N3O5S/c15-14(16,17)6-25-8-2-1-7(9(21)3-8)5-18-20-13-19-12(24)10(26-13)4-11(22)23/h1-3,5,10,21H,4,6H2,(H,22,23)(H,19,20,24). The van der Waals surface area contributed by atoms with Gasteiger partial charge in [-0.1, -0.05) is 11.8 Å². The van der Waals surface area contributed by atoms with Crippen molar-refractivity contribution >= 4 is 35.0 Å². The number of phenols is 1. The summed E-state index contributed by atoms with van der Waals surface area (Å²) < 4.78 is 40.7. The van der Waals surface area contributed by atoms with Gasteiger partial charge in [-0.05, 0) is 12.1 Å². The summed E-state index contributed by atoms with van der Waals surface area (Å²) in [5, 5.41) is 27.4. The fourth-order valence-corrected chi connectivity index (χ4v) is 2.69. The van der Waals surface area contributed by atoms with Crippen molar-refractivity contribution in [3.8, 4) is 11.5 Å². The number of benzene rings is 1. The maximum atomic E-state index is 12.1. The van der Waals surface area contributed by atoms with Crippen LogP contribution in [0.2, 0.25) is 0 Å². The summed E-state index contributed by atoms with van der Waals surface area (Å²) in [4.78, 5) is 22.1. The maximum Gasteiger partial charge on any atom is 0.422 e. The number of aromatic hydroxyl groups is 1. The summed E-state index contributed by atoms with van der Waals surface area (Å²) >= 11 is 0.903. The van der Waals surface area contributed by atoms with E-state index >= 15 is 0 Å². The number of carbonyl (C=O) groups excluding carboxylic acids is 1. The molecular weight excluding hydrogens is 379 g/mol. The molecule has 140 valence electrons. The fourth-order valence-electron chi connectivity index (χ4n) is 1.78. The first-order chi connectivity index (χ1) is 12.1. The molecule has 1 aromatic carbocycles. The van der Waals surface area contributed by atoms with E-state index in [9.17, 15) is 27.9 Å². The number of ether oxygens (including phenoxy) is 1. The van der Waals surface area contributed by atoms with Gasteiger partial charge in [-0.15, -0.1) is 5.10 Å². The van der Waals surface area contributed by atoms with E-state index in [1.807, 2.05) is 0 Å². The highest BCUT2D eigenvalue weighted by atomic mass is 32.2. The van der Waals surface area contributed by atoms with Gasteiger partial charge in [0.1, 0.15) is 16.7 Å². The number of halogens is 3. The van der Waals surface area contributed by atoms with Gasteiger partial charge in [-0.3, -0.25) is 9.59 Å². The van der Waals surface area contributed by atoms with Crippen molar-refractivity contribution < 1.29 is 37.7 Å². The highest BCUT2D eigenvalue weighted by Gasteiger charge is 2.32. The van der Waals surface area contributed by atoms with Crippen LogP contribution < -0.4 is 10.1 Å². The summed E-state index contributed by atoms with van der Waals surface area (Å²) in [7, 11) is 0. The van der Waals surface area contributed by atoms with E-state index in [1.165, 1.54) is 12.1 Å². The second-order valence-electron chi connectivity index (χ2n) is 4.97. The summed E-state index contributed by atoms with van der Waals surface area (Å²) in [5.41, 5.74) is 0.158. The normalized spacial score (nSPS) is 19.1. The van der Waals surface area contributed by atoms with Gasteiger partial charge in [0.05, 0.1) is 12.6 Å². The first-order valence-electron chi connectivity index (χ1n) is 6.97. The predicted molar refractivity (Wildman–Crippen MR) is 86.5 cm³/mol. The number of phenolic OH excluding ortho intramolecular Hbond substituents is 1. The average Bonchev–Trinajstić information content (AvgIpc) is 2.85. The van der Waals surface area contributed by atoms with Gasteiger partial charge < -0.3 is 20.3 Å². The van der Waals surface area contributed by atoms with Crippen LogP contribution in [-0.4, -0.2) is 51.5 Å². The molecule has 1 unspecified atom stereocenters. The smallest absolute Gasteiger partial charge is 0.422 e. The molecule has 1 heterocycles. The Morgan fingerprint density at radius 2 is 2.15 bits per heavy atom. The van der Waals surface area contributed by atoms with Crippen LogP contribution in [0.3, 0.4) is 0 Å². The first-order valence-corrected chi connectivity index (χ1v) is 7.85. The number of hydrogen-bond acceptors (Lipinski definition) is 7. The van der Waals surface area contributed by atoms with E-state index in [1.54, 1.807) is 0 Å². The zero-order valence-electron chi connectivity index (χ0n) is 12.9. The molecule has 3 N–H and O–H groups in total. The van der Waals surface area contributed by atoms with Gasteiger partial charge in [0.2, 0.25) is 5.91 Å². The average molecular weight is 391 g/mol. The van der Waals surface area contributed by atoms with Crippen molar-refractivity contribution in [1.29, 1.82) is 0 Å². The van der Waals surface area contributed by atoms with Crippen molar-refractivity contribution in [3.63, 3.8) is 0 Å². The number of amidine groups is 1. The number of rotatable bonds is 6. The van der Waals surface area contributed by atoms with Gasteiger partial charge in [0.15, 0.2) is 11.8 Å². The largest absolute Gasteiger partial charge is 0.507 e. The number of aliphatic carboxylic acids is 1. The minimum atomic E-state index is -4.49. The van der Waals surface area contributed by atoms with Crippen LogP contribution in [0.5, 0.6) is 11.5 Å². The Bertz CT molecular complexity index is 767. The number of amides is 1. The van der Waals surface area contributed by atoms with Crippen molar-refractivity contribution in [1.82, 2.24) is 5.32 Å². The summed E-state index contributed by atoms with van der Waals surface area (Å²) in [6, 6.07) is 3.49. The summed E-state index contributed by atoms with van der Waals surface area (Å²) in [6.45, 7) is -1.48. The molecule has 1 fully saturated rings. The van der Waals surface area contributed by atoms with Gasteiger partial charge in [0.25, 0.3) is 0 Å². The Morgan fingerprint density at radius 3 is 2.77 bits per heavy atom. The van der Waals surface area contributed by atoms with E-state index in [0.717, 1.165) is 24.0 Å². The summed E-state index contributed by atoms with van der Waals surface area (Å²) in [5.74, 6) is -2.17. The van der Waals surface area contributed by atoms with Crippen molar-refractivity contribution in [2.75, 3.05) is 6.61 Å². The third-order valence-corrected chi connectivity index (χ3v) is 3.96. The Labute approximate surface area is 148 Å². The van der Waals surface area contributed by atoms with Crippen LogP contribution in [0.15, 0.2) is 28.4 Å². The zero-order valence-corrected chi connectivity index (χ0v) is 13.7. The molecule has 26 heavy (non-hydrogen) atoms. The molecule has 0 radical (unpaired) electrons.